The summed E-state index contributed by atoms with van der Waals surface area (Å²) in [4.78, 5) is 28.4. The van der Waals surface area contributed by atoms with Crippen molar-refractivity contribution in [2.24, 2.45) is 5.14 Å². The van der Waals surface area contributed by atoms with Crippen molar-refractivity contribution in [3.05, 3.63) is 94.5 Å². The maximum absolute atomic E-state index is 13.3. The van der Waals surface area contributed by atoms with Crippen LogP contribution in [0.3, 0.4) is 0 Å². The van der Waals surface area contributed by atoms with E-state index in [0.29, 0.717) is 26.2 Å². The molecule has 3 aromatic carbocycles. The number of nitrogens with two attached hydrogens (primary N) is 1. The van der Waals surface area contributed by atoms with Crippen LogP contribution in [0.4, 0.5) is 0 Å². The topological polar surface area (TPSA) is 135 Å². The summed E-state index contributed by atoms with van der Waals surface area (Å²) in [5, 5.41) is 5.13. The fourth-order valence-electron chi connectivity index (χ4n) is 5.03. The molecule has 0 bridgehead atoms. The molecule has 9 nitrogen and oxygen atoms in total. The molecule has 3 rings (SSSR count). The average Bonchev–Trinajstić information content (AvgIpc) is 2.97. The monoisotopic (exact) mass is 657 g/mol. The highest BCUT2D eigenvalue weighted by Crippen LogP contribution is 2.30. The molecule has 0 aromatic heterocycles. The van der Waals surface area contributed by atoms with E-state index < -0.39 is 25.3 Å². The van der Waals surface area contributed by atoms with Crippen LogP contribution in [0.15, 0.2) is 76.5 Å². The van der Waals surface area contributed by atoms with Crippen LogP contribution in [0.2, 0.25) is 0 Å². The maximum Gasteiger partial charge on any atom is 0.255 e. The van der Waals surface area contributed by atoms with Gasteiger partial charge in [0.05, 0.1) is 26.7 Å². The van der Waals surface area contributed by atoms with Crippen molar-refractivity contribution in [1.29, 1.82) is 0 Å². The van der Waals surface area contributed by atoms with E-state index in [9.17, 15) is 26.4 Å². The van der Waals surface area contributed by atoms with Gasteiger partial charge in [-0.1, -0.05) is 67.4 Å². The van der Waals surface area contributed by atoms with Gasteiger partial charge < -0.3 is 9.80 Å². The summed E-state index contributed by atoms with van der Waals surface area (Å²) in [6, 6.07) is 19.2. The lowest BCUT2D eigenvalue weighted by Crippen LogP contribution is -2.33. The Morgan fingerprint density at radius 3 is 1.47 bits per heavy atom. The molecule has 0 aliphatic carbocycles. The first-order valence-electron chi connectivity index (χ1n) is 15.0. The Morgan fingerprint density at radius 1 is 0.667 bits per heavy atom. The Labute approximate surface area is 269 Å². The highest BCUT2D eigenvalue weighted by Gasteiger charge is 2.32. The van der Waals surface area contributed by atoms with Crippen molar-refractivity contribution in [1.82, 2.24) is 9.80 Å². The van der Waals surface area contributed by atoms with Crippen molar-refractivity contribution in [3.8, 4) is 0 Å². The molecule has 45 heavy (non-hydrogen) atoms. The molecular formula is C34H47N3O6S2. The molecule has 246 valence electrons. The Kier molecular flexibility index (Phi) is 13.1. The molecule has 11 heteroatoms. The van der Waals surface area contributed by atoms with Crippen LogP contribution in [-0.2, 0) is 25.3 Å². The van der Waals surface area contributed by atoms with Gasteiger partial charge in [-0.05, 0) is 71.4 Å². The zero-order chi connectivity index (χ0) is 34.2. The first-order chi connectivity index (χ1) is 20.9. The number of hydrogen-bond acceptors (Lipinski definition) is 6. The second-order valence-electron chi connectivity index (χ2n) is 11.5. The van der Waals surface area contributed by atoms with Gasteiger partial charge in [-0.15, -0.1) is 0 Å². The number of nitrogens with zero attached hydrogens (tertiary/aromatic N) is 2. The van der Waals surface area contributed by atoms with Crippen LogP contribution in [0.1, 0.15) is 78.9 Å². The number of carbonyl (C=O) groups is 2. The van der Waals surface area contributed by atoms with Crippen LogP contribution in [0, 0.1) is 13.8 Å². The van der Waals surface area contributed by atoms with E-state index in [1.165, 1.54) is 6.07 Å². The van der Waals surface area contributed by atoms with Gasteiger partial charge in [0.2, 0.25) is 10.0 Å². The van der Waals surface area contributed by atoms with Crippen molar-refractivity contribution in [2.75, 3.05) is 31.9 Å². The first kappa shape index (κ1) is 37.6. The number of sulfonamides is 1. The molecule has 0 atom stereocenters. The molecule has 2 amide bonds. The second kappa shape index (κ2) is 15.6. The van der Waals surface area contributed by atoms with Crippen molar-refractivity contribution < 1.29 is 26.4 Å². The van der Waals surface area contributed by atoms with Crippen molar-refractivity contribution in [2.45, 2.75) is 70.6 Å². The maximum atomic E-state index is 13.3. The second-order valence-corrected chi connectivity index (χ2v) is 15.0. The number of primary sulfonamides is 1. The van der Waals surface area contributed by atoms with Gasteiger partial charge in [0.1, 0.15) is 0 Å². The third kappa shape index (κ3) is 9.72. The number of carbonyl (C=O) groups excluding carboxylic acids is 2. The minimum absolute atomic E-state index is 0.0639. The van der Waals surface area contributed by atoms with Gasteiger partial charge >= 0.3 is 0 Å². The quantitative estimate of drug-likeness (QED) is 0.295. The smallest absolute Gasteiger partial charge is 0.255 e. The van der Waals surface area contributed by atoms with E-state index in [-0.39, 0.29) is 38.5 Å². The third-order valence-corrected chi connectivity index (χ3v) is 10.7. The summed E-state index contributed by atoms with van der Waals surface area (Å²) >= 11 is 0. The Bertz CT molecular complexity index is 1690. The summed E-state index contributed by atoms with van der Waals surface area (Å²) in [5.74, 6) is -0.612. The molecule has 3 aromatic rings. The Morgan fingerprint density at radius 2 is 1.07 bits per heavy atom. The highest BCUT2D eigenvalue weighted by molar-refractivity contribution is 7.91. The van der Waals surface area contributed by atoms with E-state index in [1.54, 1.807) is 47.1 Å². The largest absolute Gasteiger partial charge is 0.339 e. The Hall–Kier alpha value is -3.54. The first-order valence-corrected chi connectivity index (χ1v) is 18.2. The number of hydrogen-bond donors (Lipinski definition) is 1. The zero-order valence-electron chi connectivity index (χ0n) is 27.6. The number of aryl methyl sites for hydroxylation is 2. The lowest BCUT2D eigenvalue weighted by atomic mass is 9.87. The number of rotatable bonds is 11. The molecule has 0 aliphatic rings. The molecule has 0 fully saturated rings. The number of amides is 2. The van der Waals surface area contributed by atoms with E-state index in [1.807, 2.05) is 78.8 Å². The van der Waals surface area contributed by atoms with E-state index in [2.05, 4.69) is 0 Å². The minimum Gasteiger partial charge on any atom is -0.339 e. The van der Waals surface area contributed by atoms with Gasteiger partial charge in [0.15, 0.2) is 9.84 Å². The standard InChI is InChI=1S/C22H29NO3S.C12H18N2O3S/c1-6-23(7-2)21(24)19-15-17(3)13-14-20(19)27(25,26)16-22(4,5)18-11-9-8-10-12-18;1-4-14(5-2)12(15)10-8-9(3)6-7-11(10)18(13,16)17/h8-15H,6-7,16H2,1-5H3;6-8H,4-5H2,1-3H3,(H2,13,16,17). The predicted octanol–water partition coefficient (Wildman–Crippen LogP) is 5.35. The van der Waals surface area contributed by atoms with Gasteiger partial charge in [-0.2, -0.15) is 0 Å². The highest BCUT2D eigenvalue weighted by atomic mass is 32.2. The van der Waals surface area contributed by atoms with Gasteiger partial charge in [-0.3, -0.25) is 9.59 Å². The van der Waals surface area contributed by atoms with Crippen LogP contribution in [0.25, 0.3) is 0 Å². The van der Waals surface area contributed by atoms with Crippen LogP contribution < -0.4 is 5.14 Å². The molecule has 0 saturated carbocycles. The van der Waals surface area contributed by atoms with Gasteiger partial charge in [0, 0.05) is 31.6 Å². The molecule has 0 radical (unpaired) electrons. The summed E-state index contributed by atoms with van der Waals surface area (Å²) in [7, 11) is -7.55. The van der Waals surface area contributed by atoms with Gasteiger partial charge in [0.25, 0.3) is 11.8 Å². The normalized spacial score (nSPS) is 11.8. The summed E-state index contributed by atoms with van der Waals surface area (Å²) in [6.07, 6.45) is 0. The average molecular weight is 658 g/mol. The number of benzene rings is 3. The number of sulfone groups is 1. The molecule has 0 heterocycles. The minimum atomic E-state index is -3.89. The molecule has 0 saturated heterocycles. The molecule has 2 N–H and O–H groups in total. The fraction of sp³-hybridized carbons (Fsp3) is 0.412. The Balaban J connectivity index is 0.000000341. The molecule has 0 spiro atoms. The third-order valence-electron chi connectivity index (χ3n) is 7.58. The summed E-state index contributed by atoms with van der Waals surface area (Å²) in [5.41, 5.74) is 2.48. The SMILES string of the molecule is CCN(CC)C(=O)c1cc(C)ccc1S(=O)(=O)CC(C)(C)c1ccccc1.CCN(CC)C(=O)c1cc(C)ccc1S(N)(=O)=O. The molecule has 0 unspecified atom stereocenters. The molecule has 0 aliphatic heterocycles. The molecular weight excluding hydrogens is 611 g/mol. The predicted molar refractivity (Wildman–Crippen MR) is 180 cm³/mol. The van der Waals surface area contributed by atoms with E-state index in [0.717, 1.165) is 16.7 Å². The van der Waals surface area contributed by atoms with Crippen LogP contribution in [-0.4, -0.2) is 70.4 Å². The van der Waals surface area contributed by atoms with Crippen LogP contribution >= 0.6 is 0 Å². The van der Waals surface area contributed by atoms with Gasteiger partial charge in [-0.25, -0.2) is 22.0 Å². The zero-order valence-corrected chi connectivity index (χ0v) is 29.3. The lowest BCUT2D eigenvalue weighted by molar-refractivity contribution is 0.0761. The summed E-state index contributed by atoms with van der Waals surface area (Å²) < 4.78 is 49.5. The van der Waals surface area contributed by atoms with Crippen molar-refractivity contribution >= 4 is 31.7 Å². The summed E-state index contributed by atoms with van der Waals surface area (Å²) in [6.45, 7) is 17.1. The fourth-order valence-corrected chi connectivity index (χ4v) is 7.77. The van der Waals surface area contributed by atoms with Crippen LogP contribution in [0.5, 0.6) is 0 Å². The van der Waals surface area contributed by atoms with E-state index >= 15 is 0 Å². The van der Waals surface area contributed by atoms with Crippen molar-refractivity contribution in [3.63, 3.8) is 0 Å². The van der Waals surface area contributed by atoms with E-state index in [4.69, 9.17) is 5.14 Å². The lowest BCUT2D eigenvalue weighted by Gasteiger charge is -2.26.